The van der Waals surface area contributed by atoms with Crippen LogP contribution in [0.25, 0.3) is 0 Å². The van der Waals surface area contributed by atoms with Crippen LogP contribution in [0.4, 0.5) is 0 Å². The molecule has 0 N–H and O–H groups in total. The molecule has 34 heavy (non-hydrogen) atoms. The highest BCUT2D eigenvalue weighted by Crippen LogP contribution is 2.38. The summed E-state index contributed by atoms with van der Waals surface area (Å²) in [5.41, 5.74) is 3.34. The maximum absolute atomic E-state index is 13.7. The molecule has 1 aliphatic rings. The summed E-state index contributed by atoms with van der Waals surface area (Å²) >= 11 is 5.07. The van der Waals surface area contributed by atoms with Crippen molar-refractivity contribution in [1.29, 1.82) is 0 Å². The van der Waals surface area contributed by atoms with Gasteiger partial charge in [-0.25, -0.2) is 8.42 Å². The van der Waals surface area contributed by atoms with E-state index in [-0.39, 0.29) is 35.9 Å². The van der Waals surface area contributed by atoms with Crippen molar-refractivity contribution in [2.45, 2.75) is 38.1 Å². The summed E-state index contributed by atoms with van der Waals surface area (Å²) in [7, 11) is -3.82. The number of hydrogen-bond donors (Lipinski definition) is 0. The largest absolute Gasteiger partial charge is 0.330 e. The Bertz CT molecular complexity index is 1250. The number of amides is 1. The average molecular weight is 562 g/mol. The SMILES string of the molecule is Cc1ccc(C2c3ccsc3CCN2C(=O)CN(CC(C)C)S(=O)(=O)c2ccc(Br)cc2)cc1. The third-order valence-corrected chi connectivity index (χ3v) is 9.36. The quantitative estimate of drug-likeness (QED) is 0.375. The zero-order valence-electron chi connectivity index (χ0n) is 19.6. The number of benzene rings is 2. The fraction of sp³-hybridized carbons (Fsp3) is 0.346. The highest BCUT2D eigenvalue weighted by Gasteiger charge is 2.35. The van der Waals surface area contributed by atoms with Gasteiger partial charge in [0.05, 0.1) is 17.5 Å². The predicted molar refractivity (Wildman–Crippen MR) is 140 cm³/mol. The maximum Gasteiger partial charge on any atom is 0.243 e. The van der Waals surface area contributed by atoms with Gasteiger partial charge in [0.15, 0.2) is 0 Å². The lowest BCUT2D eigenvalue weighted by Gasteiger charge is -2.37. The van der Waals surface area contributed by atoms with Crippen LogP contribution in [0.5, 0.6) is 0 Å². The summed E-state index contributed by atoms with van der Waals surface area (Å²) in [4.78, 5) is 17.1. The zero-order valence-corrected chi connectivity index (χ0v) is 22.8. The topological polar surface area (TPSA) is 57.7 Å². The van der Waals surface area contributed by atoms with E-state index in [9.17, 15) is 13.2 Å². The van der Waals surface area contributed by atoms with Gasteiger partial charge >= 0.3 is 0 Å². The van der Waals surface area contributed by atoms with E-state index in [0.717, 1.165) is 27.6 Å². The lowest BCUT2D eigenvalue weighted by atomic mass is 9.92. The molecule has 0 aliphatic carbocycles. The number of hydrogen-bond acceptors (Lipinski definition) is 4. The van der Waals surface area contributed by atoms with Gasteiger partial charge in [-0.15, -0.1) is 11.3 Å². The molecule has 2 aromatic carbocycles. The van der Waals surface area contributed by atoms with E-state index in [1.807, 2.05) is 25.7 Å². The summed E-state index contributed by atoms with van der Waals surface area (Å²) < 4.78 is 29.1. The molecule has 180 valence electrons. The van der Waals surface area contributed by atoms with Gasteiger partial charge < -0.3 is 4.90 Å². The zero-order chi connectivity index (χ0) is 24.5. The minimum atomic E-state index is -3.82. The third-order valence-electron chi connectivity index (χ3n) is 6.01. The van der Waals surface area contributed by atoms with Crippen molar-refractivity contribution in [1.82, 2.24) is 9.21 Å². The van der Waals surface area contributed by atoms with Crippen LogP contribution in [0, 0.1) is 12.8 Å². The molecular formula is C26H29BrN2O3S2. The first-order valence-corrected chi connectivity index (χ1v) is 14.5. The van der Waals surface area contributed by atoms with Gasteiger partial charge in [0, 0.05) is 22.4 Å². The smallest absolute Gasteiger partial charge is 0.243 e. The Hall–Kier alpha value is -2.00. The lowest BCUT2D eigenvalue weighted by Crippen LogP contribution is -2.47. The van der Waals surface area contributed by atoms with E-state index in [0.29, 0.717) is 6.54 Å². The van der Waals surface area contributed by atoms with Crippen molar-refractivity contribution in [3.05, 3.63) is 86.0 Å². The number of thiophene rings is 1. The van der Waals surface area contributed by atoms with E-state index in [1.165, 1.54) is 9.18 Å². The molecule has 0 saturated heterocycles. The first-order valence-electron chi connectivity index (χ1n) is 11.3. The molecule has 3 aromatic rings. The van der Waals surface area contributed by atoms with Crippen molar-refractivity contribution in [3.8, 4) is 0 Å². The van der Waals surface area contributed by atoms with E-state index in [2.05, 4.69) is 51.6 Å². The van der Waals surface area contributed by atoms with Gasteiger partial charge in [0.25, 0.3) is 0 Å². The Morgan fingerprint density at radius 2 is 1.79 bits per heavy atom. The number of aryl methyl sites for hydroxylation is 1. The average Bonchev–Trinajstić information content (AvgIpc) is 3.27. The van der Waals surface area contributed by atoms with E-state index < -0.39 is 10.0 Å². The monoisotopic (exact) mass is 560 g/mol. The minimum Gasteiger partial charge on any atom is -0.330 e. The number of nitrogens with zero attached hydrogens (tertiary/aromatic N) is 2. The molecule has 1 aromatic heterocycles. The highest BCUT2D eigenvalue weighted by molar-refractivity contribution is 9.10. The van der Waals surface area contributed by atoms with Crippen LogP contribution in [0.2, 0.25) is 0 Å². The first-order chi connectivity index (χ1) is 16.2. The Morgan fingerprint density at radius 1 is 1.12 bits per heavy atom. The number of halogens is 1. The molecule has 8 heteroatoms. The van der Waals surface area contributed by atoms with Crippen LogP contribution < -0.4 is 0 Å². The van der Waals surface area contributed by atoms with Gasteiger partial charge in [0.1, 0.15) is 0 Å². The molecule has 0 bridgehead atoms. The molecule has 0 saturated carbocycles. The second kappa shape index (κ2) is 10.3. The standard InChI is InChI=1S/C26H29BrN2O3S2/c1-18(2)16-28(34(31,32)22-10-8-21(27)9-11-22)17-25(30)29-14-12-24-23(13-15-33-24)26(29)20-6-4-19(3)5-7-20/h4-11,13,15,18,26H,12,14,16-17H2,1-3H3. The summed E-state index contributed by atoms with van der Waals surface area (Å²) in [5, 5.41) is 2.07. The van der Waals surface area contributed by atoms with E-state index in [4.69, 9.17) is 0 Å². The van der Waals surface area contributed by atoms with Crippen molar-refractivity contribution in [3.63, 3.8) is 0 Å². The molecule has 0 spiro atoms. The van der Waals surface area contributed by atoms with Crippen molar-refractivity contribution < 1.29 is 13.2 Å². The van der Waals surface area contributed by atoms with Crippen LogP contribution in [-0.2, 0) is 21.2 Å². The van der Waals surface area contributed by atoms with Crippen LogP contribution in [0.1, 0.15) is 41.5 Å². The fourth-order valence-electron chi connectivity index (χ4n) is 4.35. The second-order valence-corrected chi connectivity index (χ2v) is 12.9. The second-order valence-electron chi connectivity index (χ2n) is 9.09. The summed E-state index contributed by atoms with van der Waals surface area (Å²) in [6.45, 7) is 6.62. The molecule has 1 aliphatic heterocycles. The predicted octanol–water partition coefficient (Wildman–Crippen LogP) is 5.64. The molecular weight excluding hydrogens is 532 g/mol. The molecule has 0 fully saturated rings. The van der Waals surface area contributed by atoms with Crippen molar-refractivity contribution >= 4 is 43.2 Å². The maximum atomic E-state index is 13.7. The number of fused-ring (bicyclic) bond motifs is 1. The van der Waals surface area contributed by atoms with Gasteiger partial charge in [-0.05, 0) is 66.1 Å². The van der Waals surface area contributed by atoms with Gasteiger partial charge in [-0.2, -0.15) is 4.31 Å². The molecule has 1 atom stereocenters. The molecule has 0 radical (unpaired) electrons. The van der Waals surface area contributed by atoms with Crippen LogP contribution >= 0.6 is 27.3 Å². The third kappa shape index (κ3) is 5.30. The summed E-state index contributed by atoms with van der Waals surface area (Å²) in [5.74, 6) is -0.0977. The molecule has 4 rings (SSSR count). The summed E-state index contributed by atoms with van der Waals surface area (Å²) in [6.07, 6.45) is 0.782. The van der Waals surface area contributed by atoms with E-state index >= 15 is 0 Å². The Balaban J connectivity index is 1.66. The summed E-state index contributed by atoms with van der Waals surface area (Å²) in [6, 6.07) is 16.7. The molecule has 2 heterocycles. The van der Waals surface area contributed by atoms with Crippen LogP contribution in [0.15, 0.2) is 69.3 Å². The highest BCUT2D eigenvalue weighted by atomic mass is 79.9. The van der Waals surface area contributed by atoms with Crippen LogP contribution in [0.3, 0.4) is 0 Å². The number of sulfonamides is 1. The number of carbonyl (C=O) groups is 1. The molecule has 1 amide bonds. The number of carbonyl (C=O) groups excluding carboxylic acids is 1. The van der Waals surface area contributed by atoms with Crippen molar-refractivity contribution in [2.24, 2.45) is 5.92 Å². The molecule has 5 nitrogen and oxygen atoms in total. The van der Waals surface area contributed by atoms with Crippen LogP contribution in [-0.4, -0.2) is 43.2 Å². The molecule has 1 unspecified atom stereocenters. The Kier molecular flexibility index (Phi) is 7.62. The first kappa shape index (κ1) is 25.1. The Morgan fingerprint density at radius 3 is 2.44 bits per heavy atom. The van der Waals surface area contributed by atoms with Gasteiger partial charge in [-0.3, -0.25) is 4.79 Å². The Labute approximate surface area is 214 Å². The fourth-order valence-corrected chi connectivity index (χ4v) is 7.07. The minimum absolute atomic E-state index is 0.0794. The van der Waals surface area contributed by atoms with Gasteiger partial charge in [0.2, 0.25) is 15.9 Å². The normalized spacial score (nSPS) is 16.2. The van der Waals surface area contributed by atoms with Crippen molar-refractivity contribution in [2.75, 3.05) is 19.6 Å². The van der Waals surface area contributed by atoms with Gasteiger partial charge in [-0.1, -0.05) is 59.6 Å². The number of rotatable bonds is 7. The van der Waals surface area contributed by atoms with E-state index in [1.54, 1.807) is 35.6 Å². The lowest BCUT2D eigenvalue weighted by molar-refractivity contribution is -0.133.